The van der Waals surface area contributed by atoms with Crippen molar-refractivity contribution in [3.63, 3.8) is 0 Å². The molecule has 0 saturated heterocycles. The summed E-state index contributed by atoms with van der Waals surface area (Å²) >= 11 is 3.18. The molecule has 0 aliphatic heterocycles. The molecule has 1 aromatic carbocycles. The number of nitriles is 1. The van der Waals surface area contributed by atoms with Crippen LogP contribution in [0, 0.1) is 18.3 Å². The van der Waals surface area contributed by atoms with Gasteiger partial charge in [0, 0.05) is 11.6 Å². The van der Waals surface area contributed by atoms with E-state index in [1.807, 2.05) is 31.3 Å². The van der Waals surface area contributed by atoms with Crippen molar-refractivity contribution in [2.24, 2.45) is 0 Å². The number of para-hydroxylation sites is 1. The second-order valence-corrected chi connectivity index (χ2v) is 6.29. The molecule has 3 rings (SSSR count). The van der Waals surface area contributed by atoms with Gasteiger partial charge in [-0.1, -0.05) is 12.1 Å². The molecule has 4 nitrogen and oxygen atoms in total. The van der Waals surface area contributed by atoms with Crippen LogP contribution in [0.15, 0.2) is 34.8 Å². The summed E-state index contributed by atoms with van der Waals surface area (Å²) < 4.78 is 4.41. The van der Waals surface area contributed by atoms with Gasteiger partial charge in [0.15, 0.2) is 0 Å². The predicted octanol–water partition coefficient (Wildman–Crippen LogP) is 3.92. The Hall–Kier alpha value is -1.97. The Balaban J connectivity index is 1.89. The van der Waals surface area contributed by atoms with Gasteiger partial charge in [-0.3, -0.25) is 0 Å². The van der Waals surface area contributed by atoms with Crippen LogP contribution < -0.4 is 4.72 Å². The third kappa shape index (κ3) is 2.30. The van der Waals surface area contributed by atoms with E-state index in [1.165, 1.54) is 11.9 Å². The second-order valence-electron chi connectivity index (χ2n) is 3.94. The lowest BCUT2D eigenvalue weighted by Gasteiger charge is -2.04. The molecule has 6 heteroatoms. The molecule has 2 N–H and O–H groups in total. The number of aromatic nitrogens is 2. The number of thiazole rings is 1. The Morgan fingerprint density at radius 2 is 2.37 bits per heavy atom. The van der Waals surface area contributed by atoms with E-state index in [1.54, 1.807) is 17.5 Å². The minimum atomic E-state index is 0.664. The number of hydrogen-bond donors (Lipinski definition) is 2. The highest BCUT2D eigenvalue weighted by Gasteiger charge is 2.07. The fourth-order valence-electron chi connectivity index (χ4n) is 1.83. The first-order valence-corrected chi connectivity index (χ1v) is 7.26. The molecular weight excluding hydrogens is 276 g/mol. The Kier molecular flexibility index (Phi) is 3.15. The van der Waals surface area contributed by atoms with Crippen LogP contribution in [0.3, 0.4) is 0 Å². The maximum atomic E-state index is 9.02. The lowest BCUT2D eigenvalue weighted by Crippen LogP contribution is -1.86. The number of hydrogen-bond acceptors (Lipinski definition) is 5. The molecule has 0 unspecified atom stereocenters. The third-order valence-electron chi connectivity index (χ3n) is 2.70. The zero-order valence-electron chi connectivity index (χ0n) is 10.1. The zero-order chi connectivity index (χ0) is 13.2. The molecule has 0 atom stereocenters. The summed E-state index contributed by atoms with van der Waals surface area (Å²) in [5, 5.41) is 11.0. The molecule has 0 fully saturated rings. The van der Waals surface area contributed by atoms with Gasteiger partial charge in [-0.05, 0) is 24.9 Å². The van der Waals surface area contributed by atoms with E-state index >= 15 is 0 Å². The SMILES string of the molecule is Cc1ncc(SNc2cccc3c(C#N)c[nH]c23)s1. The Bertz CT molecular complexity index is 766. The summed E-state index contributed by atoms with van der Waals surface area (Å²) in [6, 6.07) is 8.05. The molecule has 0 aliphatic rings. The van der Waals surface area contributed by atoms with Gasteiger partial charge < -0.3 is 9.71 Å². The first kappa shape index (κ1) is 12.1. The second kappa shape index (κ2) is 4.96. The van der Waals surface area contributed by atoms with Crippen LogP contribution in [0.2, 0.25) is 0 Å². The minimum Gasteiger partial charge on any atom is -0.358 e. The Morgan fingerprint density at radius 1 is 1.47 bits per heavy atom. The summed E-state index contributed by atoms with van der Waals surface area (Å²) in [4.78, 5) is 7.35. The van der Waals surface area contributed by atoms with Crippen molar-refractivity contribution in [3.05, 3.63) is 41.2 Å². The van der Waals surface area contributed by atoms with Gasteiger partial charge in [0.1, 0.15) is 10.3 Å². The monoisotopic (exact) mass is 286 g/mol. The van der Waals surface area contributed by atoms with Gasteiger partial charge in [0.2, 0.25) is 0 Å². The summed E-state index contributed by atoms with van der Waals surface area (Å²) in [5.74, 6) is 0. The molecule has 94 valence electrons. The fraction of sp³-hybridized carbons (Fsp3) is 0.0769. The molecule has 2 aromatic heterocycles. The molecule has 19 heavy (non-hydrogen) atoms. The topological polar surface area (TPSA) is 64.5 Å². The molecule has 0 amide bonds. The van der Waals surface area contributed by atoms with Crippen LogP contribution in [0.4, 0.5) is 5.69 Å². The normalized spacial score (nSPS) is 10.5. The molecule has 0 aliphatic carbocycles. The number of fused-ring (bicyclic) bond motifs is 1. The molecule has 0 spiro atoms. The van der Waals surface area contributed by atoms with Gasteiger partial charge >= 0.3 is 0 Å². The van der Waals surface area contributed by atoms with Crippen molar-refractivity contribution >= 4 is 39.9 Å². The number of rotatable bonds is 3. The number of H-pyrrole nitrogens is 1. The van der Waals surface area contributed by atoms with E-state index < -0.39 is 0 Å². The largest absolute Gasteiger partial charge is 0.358 e. The van der Waals surface area contributed by atoms with Crippen molar-refractivity contribution in [1.82, 2.24) is 9.97 Å². The summed E-state index contributed by atoms with van der Waals surface area (Å²) in [6.07, 6.45) is 3.59. The van der Waals surface area contributed by atoms with Gasteiger partial charge in [0.25, 0.3) is 0 Å². The lowest BCUT2D eigenvalue weighted by molar-refractivity contribution is 1.28. The van der Waals surface area contributed by atoms with Crippen molar-refractivity contribution in [2.75, 3.05) is 4.72 Å². The number of aromatic amines is 1. The van der Waals surface area contributed by atoms with Crippen molar-refractivity contribution in [3.8, 4) is 6.07 Å². The maximum absolute atomic E-state index is 9.02. The Labute approximate surface area is 118 Å². The number of nitrogens with zero attached hydrogens (tertiary/aromatic N) is 2. The maximum Gasteiger partial charge on any atom is 0.101 e. The number of anilines is 1. The van der Waals surface area contributed by atoms with Crippen LogP contribution in [0.5, 0.6) is 0 Å². The standard InChI is InChI=1S/C13H10N4S2/c1-8-15-7-12(18-8)19-17-11-4-2-3-10-9(5-14)6-16-13(10)11/h2-4,6-7,16-17H,1H3. The average Bonchev–Trinajstić information content (AvgIpc) is 3.02. The van der Waals surface area contributed by atoms with E-state index in [-0.39, 0.29) is 0 Å². The summed E-state index contributed by atoms with van der Waals surface area (Å²) in [7, 11) is 0. The predicted molar refractivity (Wildman–Crippen MR) is 79.3 cm³/mol. The van der Waals surface area contributed by atoms with E-state index in [0.29, 0.717) is 5.56 Å². The van der Waals surface area contributed by atoms with Crippen LogP contribution in [0.25, 0.3) is 10.9 Å². The third-order valence-corrected chi connectivity index (χ3v) is 4.53. The van der Waals surface area contributed by atoms with Crippen LogP contribution in [-0.4, -0.2) is 9.97 Å². The molecule has 0 bridgehead atoms. The van der Waals surface area contributed by atoms with E-state index in [4.69, 9.17) is 5.26 Å². The van der Waals surface area contributed by atoms with E-state index in [2.05, 4.69) is 20.8 Å². The van der Waals surface area contributed by atoms with E-state index in [9.17, 15) is 0 Å². The Morgan fingerprint density at radius 3 is 3.11 bits per heavy atom. The van der Waals surface area contributed by atoms with Crippen molar-refractivity contribution in [1.29, 1.82) is 5.26 Å². The average molecular weight is 286 g/mol. The van der Waals surface area contributed by atoms with Gasteiger partial charge in [-0.15, -0.1) is 11.3 Å². The summed E-state index contributed by atoms with van der Waals surface area (Å²) in [5.41, 5.74) is 2.58. The first-order chi connectivity index (χ1) is 9.28. The number of aryl methyl sites for hydroxylation is 1. The summed E-state index contributed by atoms with van der Waals surface area (Å²) in [6.45, 7) is 1.99. The highest BCUT2D eigenvalue weighted by molar-refractivity contribution is 8.02. The van der Waals surface area contributed by atoms with Crippen LogP contribution in [-0.2, 0) is 0 Å². The molecule has 3 aromatic rings. The van der Waals surface area contributed by atoms with E-state index in [0.717, 1.165) is 25.8 Å². The quantitative estimate of drug-likeness (QED) is 0.716. The number of benzene rings is 1. The van der Waals surface area contributed by atoms with Crippen LogP contribution >= 0.6 is 23.3 Å². The first-order valence-electron chi connectivity index (χ1n) is 5.63. The highest BCUT2D eigenvalue weighted by atomic mass is 32.2. The lowest BCUT2D eigenvalue weighted by atomic mass is 10.2. The minimum absolute atomic E-state index is 0.664. The molecule has 2 heterocycles. The molecule has 0 saturated carbocycles. The van der Waals surface area contributed by atoms with Crippen LogP contribution in [0.1, 0.15) is 10.6 Å². The fourth-order valence-corrected chi connectivity index (χ4v) is 3.47. The zero-order valence-corrected chi connectivity index (χ0v) is 11.7. The molecular formula is C13H10N4S2. The van der Waals surface area contributed by atoms with Crippen molar-refractivity contribution < 1.29 is 0 Å². The highest BCUT2D eigenvalue weighted by Crippen LogP contribution is 2.30. The number of nitrogens with one attached hydrogen (secondary N) is 2. The smallest absolute Gasteiger partial charge is 0.101 e. The van der Waals surface area contributed by atoms with Gasteiger partial charge in [-0.25, -0.2) is 4.98 Å². The van der Waals surface area contributed by atoms with Gasteiger partial charge in [0.05, 0.1) is 28.0 Å². The van der Waals surface area contributed by atoms with Gasteiger partial charge in [-0.2, -0.15) is 5.26 Å². The van der Waals surface area contributed by atoms with Crippen molar-refractivity contribution in [2.45, 2.75) is 11.1 Å². The molecule has 0 radical (unpaired) electrons.